The van der Waals surface area contributed by atoms with Crippen molar-refractivity contribution in [2.75, 3.05) is 6.54 Å². The summed E-state index contributed by atoms with van der Waals surface area (Å²) in [6.45, 7) is 7.12. The largest absolute Gasteiger partial charge is 0.354 e. The second-order valence-corrected chi connectivity index (χ2v) is 2.79. The fraction of sp³-hybridized carbons (Fsp3) is 0.556. The highest BCUT2D eigenvalue weighted by molar-refractivity contribution is 5.86. The molecule has 0 aromatic heterocycles. The first-order chi connectivity index (χ1) is 6.07. The molecular formula is C9H16N2O2. The Hall–Kier alpha value is -1.32. The maximum Gasteiger partial charge on any atom is 0.242 e. The van der Waals surface area contributed by atoms with Crippen molar-refractivity contribution >= 4 is 11.8 Å². The van der Waals surface area contributed by atoms with Gasteiger partial charge in [-0.25, -0.2) is 0 Å². The zero-order chi connectivity index (χ0) is 10.3. The standard InChI is InChI=1S/C9H16N2O2/c1-4-5-6-10-9(13)7(2)11-8(3)12/h4,7H,1,5-6H2,2-3H3,(H,10,13)(H,11,12). The highest BCUT2D eigenvalue weighted by Crippen LogP contribution is 1.83. The maximum absolute atomic E-state index is 11.2. The van der Waals surface area contributed by atoms with E-state index in [-0.39, 0.29) is 11.8 Å². The van der Waals surface area contributed by atoms with Crippen molar-refractivity contribution in [1.82, 2.24) is 10.6 Å². The van der Waals surface area contributed by atoms with Crippen LogP contribution in [0.4, 0.5) is 0 Å². The van der Waals surface area contributed by atoms with Crippen LogP contribution in [0.5, 0.6) is 0 Å². The topological polar surface area (TPSA) is 58.2 Å². The van der Waals surface area contributed by atoms with Crippen LogP contribution in [0.25, 0.3) is 0 Å². The van der Waals surface area contributed by atoms with Crippen molar-refractivity contribution in [2.45, 2.75) is 26.3 Å². The number of rotatable bonds is 5. The molecule has 0 heterocycles. The van der Waals surface area contributed by atoms with Gasteiger partial charge in [0.25, 0.3) is 0 Å². The third-order valence-electron chi connectivity index (χ3n) is 1.46. The predicted octanol–water partition coefficient (Wildman–Crippen LogP) is 0.203. The van der Waals surface area contributed by atoms with Gasteiger partial charge in [-0.3, -0.25) is 9.59 Å². The molecule has 0 fully saturated rings. The molecule has 4 nitrogen and oxygen atoms in total. The molecule has 0 saturated carbocycles. The summed E-state index contributed by atoms with van der Waals surface area (Å²) in [6.07, 6.45) is 2.46. The lowest BCUT2D eigenvalue weighted by molar-refractivity contribution is -0.127. The van der Waals surface area contributed by atoms with Crippen LogP contribution in [-0.4, -0.2) is 24.4 Å². The number of carbonyl (C=O) groups excluding carboxylic acids is 2. The first-order valence-corrected chi connectivity index (χ1v) is 4.23. The van der Waals surface area contributed by atoms with E-state index in [1.807, 2.05) is 0 Å². The third-order valence-corrected chi connectivity index (χ3v) is 1.46. The fourth-order valence-electron chi connectivity index (χ4n) is 0.821. The Bertz CT molecular complexity index is 202. The Kier molecular flexibility index (Phi) is 5.59. The van der Waals surface area contributed by atoms with Gasteiger partial charge in [0.2, 0.25) is 11.8 Å². The molecular weight excluding hydrogens is 168 g/mol. The second kappa shape index (κ2) is 6.22. The first kappa shape index (κ1) is 11.7. The van der Waals surface area contributed by atoms with Gasteiger partial charge in [0.05, 0.1) is 0 Å². The zero-order valence-electron chi connectivity index (χ0n) is 8.09. The van der Waals surface area contributed by atoms with Crippen molar-refractivity contribution in [1.29, 1.82) is 0 Å². The summed E-state index contributed by atoms with van der Waals surface area (Å²) >= 11 is 0. The van der Waals surface area contributed by atoms with E-state index in [9.17, 15) is 9.59 Å². The molecule has 0 aromatic rings. The van der Waals surface area contributed by atoms with E-state index in [0.29, 0.717) is 6.54 Å². The molecule has 2 N–H and O–H groups in total. The lowest BCUT2D eigenvalue weighted by atomic mass is 10.3. The molecule has 13 heavy (non-hydrogen) atoms. The summed E-state index contributed by atoms with van der Waals surface area (Å²) in [5.74, 6) is -0.372. The van der Waals surface area contributed by atoms with Crippen LogP contribution < -0.4 is 10.6 Å². The molecule has 1 atom stereocenters. The zero-order valence-corrected chi connectivity index (χ0v) is 8.09. The van der Waals surface area contributed by atoms with Crippen molar-refractivity contribution < 1.29 is 9.59 Å². The minimum absolute atomic E-state index is 0.169. The Labute approximate surface area is 78.4 Å². The Morgan fingerprint density at radius 3 is 2.62 bits per heavy atom. The van der Waals surface area contributed by atoms with E-state index >= 15 is 0 Å². The van der Waals surface area contributed by atoms with E-state index in [0.717, 1.165) is 6.42 Å². The number of amides is 2. The van der Waals surface area contributed by atoms with Gasteiger partial charge in [0, 0.05) is 13.5 Å². The van der Waals surface area contributed by atoms with Crippen LogP contribution in [0, 0.1) is 0 Å². The molecule has 0 radical (unpaired) electrons. The van der Waals surface area contributed by atoms with E-state index in [1.54, 1.807) is 13.0 Å². The van der Waals surface area contributed by atoms with E-state index < -0.39 is 6.04 Å². The monoisotopic (exact) mass is 184 g/mol. The van der Waals surface area contributed by atoms with Crippen LogP contribution in [0.1, 0.15) is 20.3 Å². The molecule has 2 amide bonds. The van der Waals surface area contributed by atoms with Gasteiger partial charge in [-0.15, -0.1) is 6.58 Å². The number of nitrogens with one attached hydrogen (secondary N) is 2. The molecule has 74 valence electrons. The minimum Gasteiger partial charge on any atom is -0.354 e. The van der Waals surface area contributed by atoms with Crippen molar-refractivity contribution in [3.05, 3.63) is 12.7 Å². The predicted molar refractivity (Wildman–Crippen MR) is 51.1 cm³/mol. The van der Waals surface area contributed by atoms with Crippen molar-refractivity contribution in [3.63, 3.8) is 0 Å². The Morgan fingerprint density at radius 1 is 1.54 bits per heavy atom. The van der Waals surface area contributed by atoms with Crippen LogP contribution in [0.2, 0.25) is 0 Å². The summed E-state index contributed by atoms with van der Waals surface area (Å²) in [5, 5.41) is 5.16. The smallest absolute Gasteiger partial charge is 0.242 e. The molecule has 0 saturated heterocycles. The summed E-state index contributed by atoms with van der Waals surface area (Å²) < 4.78 is 0. The van der Waals surface area contributed by atoms with Gasteiger partial charge in [0.15, 0.2) is 0 Å². The number of hydrogen-bond donors (Lipinski definition) is 2. The van der Waals surface area contributed by atoms with Crippen LogP contribution >= 0.6 is 0 Å². The summed E-state index contributed by atoms with van der Waals surface area (Å²) in [4.78, 5) is 21.8. The molecule has 0 rings (SSSR count). The minimum atomic E-state index is -0.470. The third kappa shape index (κ3) is 5.90. The molecule has 0 aliphatic carbocycles. The highest BCUT2D eigenvalue weighted by Gasteiger charge is 2.11. The van der Waals surface area contributed by atoms with Gasteiger partial charge in [0.1, 0.15) is 6.04 Å². The second-order valence-electron chi connectivity index (χ2n) is 2.79. The fourth-order valence-corrected chi connectivity index (χ4v) is 0.821. The molecule has 4 heteroatoms. The van der Waals surface area contributed by atoms with E-state index in [2.05, 4.69) is 17.2 Å². The normalized spacial score (nSPS) is 11.5. The summed E-state index contributed by atoms with van der Waals surface area (Å²) in [6, 6.07) is -0.470. The quantitative estimate of drug-likeness (QED) is 0.474. The first-order valence-electron chi connectivity index (χ1n) is 4.23. The van der Waals surface area contributed by atoms with E-state index in [1.165, 1.54) is 6.92 Å². The van der Waals surface area contributed by atoms with Gasteiger partial charge in [-0.2, -0.15) is 0 Å². The van der Waals surface area contributed by atoms with Crippen LogP contribution in [0.15, 0.2) is 12.7 Å². The molecule has 0 aliphatic rings. The number of hydrogen-bond acceptors (Lipinski definition) is 2. The molecule has 0 aromatic carbocycles. The summed E-state index contributed by atoms with van der Waals surface area (Å²) in [5.41, 5.74) is 0. The molecule has 0 spiro atoms. The lowest BCUT2D eigenvalue weighted by Gasteiger charge is -2.11. The van der Waals surface area contributed by atoms with Gasteiger partial charge in [-0.05, 0) is 13.3 Å². The Morgan fingerprint density at radius 2 is 2.15 bits per heavy atom. The van der Waals surface area contributed by atoms with Crippen LogP contribution in [0.3, 0.4) is 0 Å². The number of carbonyl (C=O) groups is 2. The Balaban J connectivity index is 3.69. The average Bonchev–Trinajstić information content (AvgIpc) is 2.03. The average molecular weight is 184 g/mol. The SMILES string of the molecule is C=CCCNC(=O)C(C)NC(C)=O. The van der Waals surface area contributed by atoms with E-state index in [4.69, 9.17) is 0 Å². The van der Waals surface area contributed by atoms with Crippen molar-refractivity contribution in [3.8, 4) is 0 Å². The maximum atomic E-state index is 11.2. The van der Waals surface area contributed by atoms with Gasteiger partial charge in [-0.1, -0.05) is 6.08 Å². The van der Waals surface area contributed by atoms with Gasteiger partial charge >= 0.3 is 0 Å². The molecule has 0 bridgehead atoms. The van der Waals surface area contributed by atoms with Crippen LogP contribution in [-0.2, 0) is 9.59 Å². The van der Waals surface area contributed by atoms with Gasteiger partial charge < -0.3 is 10.6 Å². The molecule has 0 aliphatic heterocycles. The summed E-state index contributed by atoms with van der Waals surface area (Å²) in [7, 11) is 0. The molecule has 1 unspecified atom stereocenters. The highest BCUT2D eigenvalue weighted by atomic mass is 16.2. The lowest BCUT2D eigenvalue weighted by Crippen LogP contribution is -2.44. The van der Waals surface area contributed by atoms with Crippen molar-refractivity contribution in [2.24, 2.45) is 0 Å².